The number of ether oxygens (including phenoxy) is 2. The number of benzene rings is 1. The van der Waals surface area contributed by atoms with Gasteiger partial charge in [0.05, 0.1) is 13.2 Å². The molecule has 3 rings (SSSR count). The van der Waals surface area contributed by atoms with E-state index in [1.165, 1.54) is 17.2 Å². The monoisotopic (exact) mass is 412 g/mol. The van der Waals surface area contributed by atoms with Crippen molar-refractivity contribution in [3.8, 4) is 5.75 Å². The Morgan fingerprint density at radius 3 is 2.72 bits per heavy atom. The fourth-order valence-electron chi connectivity index (χ4n) is 3.35. The van der Waals surface area contributed by atoms with Crippen molar-refractivity contribution >= 4 is 28.5 Å². The van der Waals surface area contributed by atoms with Crippen molar-refractivity contribution in [1.82, 2.24) is 9.88 Å². The first-order valence-corrected chi connectivity index (χ1v) is 8.67. The summed E-state index contributed by atoms with van der Waals surface area (Å²) in [7, 11) is 1.13. The number of alkyl halides is 3. The highest BCUT2D eigenvalue weighted by Gasteiger charge is 2.39. The molecule has 2 aromatic rings. The van der Waals surface area contributed by atoms with Crippen LogP contribution in [0.1, 0.15) is 12.0 Å². The molecular formula is C18H19F3N4O4. The Bertz CT molecular complexity index is 951. The van der Waals surface area contributed by atoms with Crippen molar-refractivity contribution in [3.63, 3.8) is 0 Å². The first-order chi connectivity index (χ1) is 13.6. The normalized spacial score (nSPS) is 18.2. The van der Waals surface area contributed by atoms with Gasteiger partial charge in [-0.2, -0.15) is 0 Å². The number of hydrogen-bond donors (Lipinski definition) is 2. The van der Waals surface area contributed by atoms with Crippen molar-refractivity contribution in [2.75, 3.05) is 19.4 Å². The van der Waals surface area contributed by atoms with E-state index < -0.39 is 36.1 Å². The molecule has 156 valence electrons. The van der Waals surface area contributed by atoms with E-state index in [2.05, 4.69) is 9.72 Å². The third-order valence-electron chi connectivity index (χ3n) is 4.75. The largest absolute Gasteiger partial charge is 0.573 e. The summed E-state index contributed by atoms with van der Waals surface area (Å²) in [5.41, 5.74) is 11.5. The van der Waals surface area contributed by atoms with Crippen LogP contribution >= 0.6 is 0 Å². The number of carbonyl (C=O) groups excluding carboxylic acids is 2. The zero-order valence-electron chi connectivity index (χ0n) is 15.4. The van der Waals surface area contributed by atoms with E-state index in [9.17, 15) is 22.8 Å². The predicted molar refractivity (Wildman–Crippen MR) is 96.7 cm³/mol. The fourth-order valence-corrected chi connectivity index (χ4v) is 3.35. The summed E-state index contributed by atoms with van der Waals surface area (Å²) >= 11 is 0. The van der Waals surface area contributed by atoms with Crippen LogP contribution in [0.3, 0.4) is 0 Å². The Labute approximate surface area is 163 Å². The summed E-state index contributed by atoms with van der Waals surface area (Å²) in [5, 5.41) is 0.777. The molecule has 4 N–H and O–H groups in total. The second kappa shape index (κ2) is 7.74. The number of likely N-dealkylation sites (tertiary alicyclic amines) is 1. The van der Waals surface area contributed by atoms with E-state index in [-0.39, 0.29) is 29.7 Å². The zero-order chi connectivity index (χ0) is 21.3. The summed E-state index contributed by atoms with van der Waals surface area (Å²) < 4.78 is 47.8. The van der Waals surface area contributed by atoms with Gasteiger partial charge in [-0.1, -0.05) is 0 Å². The number of rotatable bonds is 5. The molecule has 0 bridgehead atoms. The number of nitrogens with zero attached hydrogens (tertiary/aromatic N) is 2. The Morgan fingerprint density at radius 1 is 1.41 bits per heavy atom. The molecule has 1 aromatic heterocycles. The summed E-state index contributed by atoms with van der Waals surface area (Å²) in [6.45, 7) is 0.194. The molecule has 1 amide bonds. The maximum atomic E-state index is 13.0. The van der Waals surface area contributed by atoms with Crippen LogP contribution in [0, 0.1) is 0 Å². The van der Waals surface area contributed by atoms with Crippen LogP contribution in [0.2, 0.25) is 0 Å². The number of pyridine rings is 1. The number of amides is 1. The van der Waals surface area contributed by atoms with Gasteiger partial charge >= 0.3 is 12.3 Å². The maximum absolute atomic E-state index is 13.0. The van der Waals surface area contributed by atoms with Crippen LogP contribution in [0.5, 0.6) is 5.75 Å². The quantitative estimate of drug-likeness (QED) is 0.712. The molecule has 2 atom stereocenters. The SMILES string of the molecule is COC(=O)C(Cc1cc2ccnc(N)c2cc1OC(F)(F)F)N1CC[C@H](N)C1=O. The number of esters is 1. The van der Waals surface area contributed by atoms with Crippen LogP contribution < -0.4 is 16.2 Å². The van der Waals surface area contributed by atoms with Crippen molar-refractivity contribution in [3.05, 3.63) is 30.0 Å². The van der Waals surface area contributed by atoms with E-state index >= 15 is 0 Å². The van der Waals surface area contributed by atoms with E-state index in [0.717, 1.165) is 13.2 Å². The van der Waals surface area contributed by atoms with E-state index in [1.54, 1.807) is 6.07 Å². The highest BCUT2D eigenvalue weighted by molar-refractivity contribution is 5.93. The molecule has 29 heavy (non-hydrogen) atoms. The number of carbonyl (C=O) groups is 2. The van der Waals surface area contributed by atoms with E-state index in [4.69, 9.17) is 16.2 Å². The van der Waals surface area contributed by atoms with Gasteiger partial charge in [-0.05, 0) is 35.6 Å². The molecule has 0 saturated carbocycles. The molecule has 0 aliphatic carbocycles. The molecule has 2 heterocycles. The lowest BCUT2D eigenvalue weighted by molar-refractivity contribution is -0.274. The summed E-state index contributed by atoms with van der Waals surface area (Å²) in [5.74, 6) is -1.73. The number of nitrogens with two attached hydrogens (primary N) is 2. The molecule has 1 aliphatic rings. The van der Waals surface area contributed by atoms with Gasteiger partial charge in [-0.25, -0.2) is 9.78 Å². The summed E-state index contributed by atoms with van der Waals surface area (Å²) in [6.07, 6.45) is -3.48. The molecule has 0 spiro atoms. The van der Waals surface area contributed by atoms with Gasteiger partial charge < -0.3 is 25.8 Å². The molecular weight excluding hydrogens is 393 g/mol. The number of aromatic nitrogens is 1. The third-order valence-corrected chi connectivity index (χ3v) is 4.75. The van der Waals surface area contributed by atoms with Crippen LogP contribution in [0.4, 0.5) is 19.0 Å². The van der Waals surface area contributed by atoms with Crippen LogP contribution in [0.25, 0.3) is 10.8 Å². The lowest BCUT2D eigenvalue weighted by Gasteiger charge is -2.27. The second-order valence-corrected chi connectivity index (χ2v) is 6.59. The minimum absolute atomic E-state index is 0.0336. The topological polar surface area (TPSA) is 121 Å². The van der Waals surface area contributed by atoms with Crippen LogP contribution in [-0.2, 0) is 20.7 Å². The number of anilines is 1. The number of nitrogen functional groups attached to an aromatic ring is 1. The smallest absolute Gasteiger partial charge is 0.467 e. The Kier molecular flexibility index (Phi) is 5.51. The summed E-state index contributed by atoms with van der Waals surface area (Å²) in [6, 6.07) is 2.19. The molecule has 8 nitrogen and oxygen atoms in total. The van der Waals surface area contributed by atoms with Gasteiger partial charge in [0, 0.05) is 24.5 Å². The lowest BCUT2D eigenvalue weighted by Crippen LogP contribution is -2.46. The molecule has 0 radical (unpaired) electrons. The Morgan fingerprint density at radius 2 is 2.14 bits per heavy atom. The van der Waals surface area contributed by atoms with Crippen molar-refractivity contribution in [2.24, 2.45) is 5.73 Å². The van der Waals surface area contributed by atoms with Crippen molar-refractivity contribution < 1.29 is 32.2 Å². The first-order valence-electron chi connectivity index (χ1n) is 8.67. The number of fused-ring (bicyclic) bond motifs is 1. The average Bonchev–Trinajstić information content (AvgIpc) is 2.97. The minimum atomic E-state index is -4.97. The number of hydrogen-bond acceptors (Lipinski definition) is 7. The number of halogens is 3. The molecule has 1 aromatic carbocycles. The fraction of sp³-hybridized carbons (Fsp3) is 0.389. The molecule has 1 aliphatic heterocycles. The van der Waals surface area contributed by atoms with Gasteiger partial charge in [0.15, 0.2) is 0 Å². The molecule has 11 heteroatoms. The van der Waals surface area contributed by atoms with Crippen LogP contribution in [0.15, 0.2) is 24.4 Å². The van der Waals surface area contributed by atoms with E-state index in [0.29, 0.717) is 11.8 Å². The third kappa shape index (κ3) is 4.34. The van der Waals surface area contributed by atoms with Gasteiger partial charge in [0.1, 0.15) is 17.6 Å². The van der Waals surface area contributed by atoms with Crippen LogP contribution in [-0.4, -0.2) is 53.9 Å². The first kappa shape index (κ1) is 20.6. The average molecular weight is 412 g/mol. The van der Waals surface area contributed by atoms with Crippen molar-refractivity contribution in [1.29, 1.82) is 0 Å². The predicted octanol–water partition coefficient (Wildman–Crippen LogP) is 1.36. The van der Waals surface area contributed by atoms with Gasteiger partial charge in [0.25, 0.3) is 0 Å². The summed E-state index contributed by atoms with van der Waals surface area (Å²) in [4.78, 5) is 29.7. The van der Waals surface area contributed by atoms with E-state index in [1.807, 2.05) is 0 Å². The Balaban J connectivity index is 2.06. The molecule has 1 unspecified atom stereocenters. The minimum Gasteiger partial charge on any atom is -0.467 e. The van der Waals surface area contributed by atoms with Gasteiger partial charge in [-0.15, -0.1) is 13.2 Å². The maximum Gasteiger partial charge on any atom is 0.573 e. The Hall–Kier alpha value is -3.08. The second-order valence-electron chi connectivity index (χ2n) is 6.59. The number of methoxy groups -OCH3 is 1. The van der Waals surface area contributed by atoms with Gasteiger partial charge in [0.2, 0.25) is 5.91 Å². The standard InChI is InChI=1S/C18H19F3N4O4/c1-28-17(27)13(25-5-3-12(22)16(25)26)7-10-6-9-2-4-24-15(23)11(9)8-14(10)29-18(19,20)21/h2,4,6,8,12-13H,3,5,7,22H2,1H3,(H2,23,24)/t12-,13?/m0/s1. The van der Waals surface area contributed by atoms with Crippen molar-refractivity contribution in [2.45, 2.75) is 31.3 Å². The molecule has 1 saturated heterocycles. The van der Waals surface area contributed by atoms with Gasteiger partial charge in [-0.3, -0.25) is 4.79 Å². The zero-order valence-corrected chi connectivity index (χ0v) is 15.4. The molecule has 1 fully saturated rings. The highest BCUT2D eigenvalue weighted by Crippen LogP contribution is 2.34. The lowest BCUT2D eigenvalue weighted by atomic mass is 10.00. The highest BCUT2D eigenvalue weighted by atomic mass is 19.4.